The largest absolute Gasteiger partial charge is 0.309 e. The van der Waals surface area contributed by atoms with Gasteiger partial charge in [-0.25, -0.2) is 0 Å². The van der Waals surface area contributed by atoms with Crippen molar-refractivity contribution in [1.29, 1.82) is 0 Å². The van der Waals surface area contributed by atoms with E-state index in [-0.39, 0.29) is 11.8 Å². The van der Waals surface area contributed by atoms with Crippen LogP contribution in [-0.2, 0) is 12.8 Å². The summed E-state index contributed by atoms with van der Waals surface area (Å²) in [7, 11) is 0. The average Bonchev–Trinajstić information content (AvgIpc) is 1.52. The van der Waals surface area contributed by atoms with Crippen LogP contribution < -0.4 is 0 Å². The Labute approximate surface area is 785 Å². The van der Waals surface area contributed by atoms with Crippen molar-refractivity contribution in [3.8, 4) is 11.4 Å². The van der Waals surface area contributed by atoms with E-state index in [1.165, 1.54) is 322 Å². The molecule has 2 atom stereocenters. The summed E-state index contributed by atoms with van der Waals surface area (Å²) in [5.74, 6) is 0.527. The van der Waals surface area contributed by atoms with Gasteiger partial charge in [0.25, 0.3) is 0 Å². The summed E-state index contributed by atoms with van der Waals surface area (Å²) in [5.41, 5.74) is 73.0. The van der Waals surface area contributed by atoms with E-state index in [2.05, 4.69) is 444 Å². The SMILES string of the molecule is Cc1cc2c(cc1C)C(C1C=Cc3ccccc31)=C1C2=C(C2C=Cc3ccccc32)c2cc(C)c(C)cc21.Cc1cc2c(cc1C)C(c1ccc3c(c1)C=CC3)=C1C2=C(c2ccc3c(c2)C=CC3)c2cc(C)c(C)cc21.Cc1cc2c(cc1C)C(c1ccc3c(c1)c1ccccc1n3-c1ccccc1)=C1C2=C(c2ccc3c(c2)c2ccccc2n3-c2ccccc2)c2cc(C)c(C)cc21. The first-order chi connectivity index (χ1) is 65.4. The summed E-state index contributed by atoms with van der Waals surface area (Å²) in [6.45, 7) is 27.1. The van der Waals surface area contributed by atoms with Gasteiger partial charge in [0, 0.05) is 44.8 Å². The molecule has 18 aromatic rings. The van der Waals surface area contributed by atoms with Crippen molar-refractivity contribution in [3.63, 3.8) is 0 Å². The highest BCUT2D eigenvalue weighted by atomic mass is 15.0. The van der Waals surface area contributed by atoms with Gasteiger partial charge in [-0.3, -0.25) is 0 Å². The number of rotatable bonds is 8. The number of hydrogen-bond donors (Lipinski definition) is 0. The Bertz CT molecular complexity index is 8250. The number of allylic oxidation sites excluding steroid dienone is 12. The number of aryl methyl sites for hydroxylation is 12. The molecule has 10 aliphatic carbocycles. The number of aromatic nitrogens is 2. The summed E-state index contributed by atoms with van der Waals surface area (Å²) < 4.78 is 4.82. The highest BCUT2D eigenvalue weighted by Crippen LogP contribution is 2.66. The minimum atomic E-state index is 0.264. The van der Waals surface area contributed by atoms with Gasteiger partial charge in [-0.15, -0.1) is 0 Å². The molecule has 0 amide bonds. The maximum Gasteiger partial charge on any atom is 0.0541 e. The van der Waals surface area contributed by atoms with E-state index in [1.807, 2.05) is 0 Å². The summed E-state index contributed by atoms with van der Waals surface area (Å²) in [5, 5.41) is 5.08. The third-order valence-corrected chi connectivity index (χ3v) is 31.7. The van der Waals surface area contributed by atoms with Gasteiger partial charge in [0.2, 0.25) is 0 Å². The number of nitrogens with zero attached hydrogens (tertiary/aromatic N) is 2. The zero-order valence-corrected chi connectivity index (χ0v) is 77.9. The normalized spacial score (nSPS) is 15.9. The standard InChI is InChI=1S/C56H40N2.2C38H30/c1-33-27-45-47(29-35(33)3)55-54(38-24-26-52-44(32-38)42-20-12-14-22-50(42)58(52)40-17-9-6-10-18-40)46-28-34(2)36(4)30-48(46)56(55)53(45)37-23-25-51-43(31-37)41-19-11-13-21-49(41)57(51)39-15-7-5-8-16-39;1-21-15-31-33(17-23(21)3)37-36(30-14-12-26-8-6-10-28(26)20-30)32-16-22(2)24(4)18-34(32)38(37)35(31)29-13-11-25-7-5-9-27(25)19-29;1-21-17-31-33(19-23(21)3)37-36(30-16-14-26-10-6-8-12-28(26)30)32-18-22(2)24(4)20-34(32)38(37)35(31)29-15-13-25-9-5-7-11-27(25)29/h5-32H,1-4H3;5-6,9-20H,7-8H2,1-4H3;5-20,29-30H,1-4H3. The van der Waals surface area contributed by atoms with Gasteiger partial charge < -0.3 is 9.13 Å². The minimum absolute atomic E-state index is 0.264. The van der Waals surface area contributed by atoms with Crippen LogP contribution in [0.4, 0.5) is 0 Å². The molecule has 2 aromatic heterocycles. The molecular formula is C132H100N2. The molecule has 2 unspecified atom stereocenters. The smallest absolute Gasteiger partial charge is 0.0541 e. The molecule has 10 aliphatic rings. The molecule has 134 heavy (non-hydrogen) atoms. The van der Waals surface area contributed by atoms with E-state index in [0.717, 1.165) is 12.8 Å². The van der Waals surface area contributed by atoms with E-state index in [1.54, 1.807) is 0 Å². The number of para-hydroxylation sites is 4. The predicted molar refractivity (Wildman–Crippen MR) is 569 cm³/mol. The van der Waals surface area contributed by atoms with Crippen LogP contribution in [0.2, 0.25) is 0 Å². The fourth-order valence-corrected chi connectivity index (χ4v) is 24.2. The number of fused-ring (bicyclic) bond motifs is 25. The first kappa shape index (κ1) is 79.5. The molecule has 0 spiro atoms. The second-order valence-electron chi connectivity index (χ2n) is 39.3. The number of hydrogen-bond acceptors (Lipinski definition) is 0. The van der Waals surface area contributed by atoms with Gasteiger partial charge >= 0.3 is 0 Å². The van der Waals surface area contributed by atoms with E-state index >= 15 is 0 Å². The molecule has 0 radical (unpaired) electrons. The fraction of sp³-hybridized carbons (Fsp3) is 0.121. The second kappa shape index (κ2) is 30.0. The lowest BCUT2D eigenvalue weighted by Crippen LogP contribution is -2.02. The van der Waals surface area contributed by atoms with E-state index < -0.39 is 0 Å². The lowest BCUT2D eigenvalue weighted by Gasteiger charge is -2.20. The molecule has 0 saturated carbocycles. The highest BCUT2D eigenvalue weighted by Gasteiger charge is 2.45. The first-order valence-corrected chi connectivity index (χ1v) is 47.9. The van der Waals surface area contributed by atoms with Gasteiger partial charge in [0.05, 0.1) is 22.1 Å². The van der Waals surface area contributed by atoms with Crippen LogP contribution in [0.1, 0.15) is 212 Å². The Morgan fingerprint density at radius 2 is 0.470 bits per heavy atom. The van der Waals surface area contributed by atoms with Gasteiger partial charge in [-0.1, -0.05) is 279 Å². The van der Waals surface area contributed by atoms with Gasteiger partial charge in [-0.05, 0) is 436 Å². The zero-order chi connectivity index (χ0) is 90.2. The highest BCUT2D eigenvalue weighted by molar-refractivity contribution is 6.38. The van der Waals surface area contributed by atoms with Crippen LogP contribution in [0.3, 0.4) is 0 Å². The van der Waals surface area contributed by atoms with Crippen molar-refractivity contribution >= 4 is 135 Å². The Morgan fingerprint density at radius 1 is 0.201 bits per heavy atom. The summed E-state index contributed by atoms with van der Waals surface area (Å²) in [6, 6.07) is 115. The summed E-state index contributed by atoms with van der Waals surface area (Å²) >= 11 is 0. The molecule has 28 rings (SSSR count). The van der Waals surface area contributed by atoms with Crippen molar-refractivity contribution < 1.29 is 0 Å². The van der Waals surface area contributed by atoms with Gasteiger partial charge in [-0.2, -0.15) is 0 Å². The monoisotopic (exact) mass is 1710 g/mol. The predicted octanol–water partition coefficient (Wildman–Crippen LogP) is 33.4. The van der Waals surface area contributed by atoms with Crippen LogP contribution in [-0.4, -0.2) is 9.13 Å². The molecule has 0 bridgehead atoms. The minimum Gasteiger partial charge on any atom is -0.309 e. The third kappa shape index (κ3) is 11.8. The van der Waals surface area contributed by atoms with Crippen LogP contribution in [0.5, 0.6) is 0 Å². The molecule has 2 heteroatoms. The van der Waals surface area contributed by atoms with Crippen LogP contribution in [0.25, 0.3) is 146 Å². The Hall–Kier alpha value is -15.5. The van der Waals surface area contributed by atoms with Crippen molar-refractivity contribution in [3.05, 3.63) is 528 Å². The fourth-order valence-electron chi connectivity index (χ4n) is 24.2. The molecule has 0 aliphatic heterocycles. The molecule has 2 nitrogen and oxygen atoms in total. The molecule has 2 heterocycles. The molecular weight excluding hydrogens is 1610 g/mol. The first-order valence-electron chi connectivity index (χ1n) is 47.9. The molecule has 638 valence electrons. The van der Waals surface area contributed by atoms with Gasteiger partial charge in [0.1, 0.15) is 0 Å². The van der Waals surface area contributed by atoms with Crippen molar-refractivity contribution in [2.75, 3.05) is 0 Å². The molecule has 16 aromatic carbocycles. The Balaban J connectivity index is 0.000000109. The Kier molecular flexibility index (Phi) is 17.8. The van der Waals surface area contributed by atoms with Crippen molar-refractivity contribution in [1.82, 2.24) is 9.13 Å². The quantitative estimate of drug-likeness (QED) is 0.143. The molecule has 0 fully saturated rings. The Morgan fingerprint density at radius 3 is 0.813 bits per heavy atom. The second-order valence-corrected chi connectivity index (χ2v) is 39.3. The van der Waals surface area contributed by atoms with Crippen LogP contribution in [0, 0.1) is 83.1 Å². The topological polar surface area (TPSA) is 9.86 Å². The third-order valence-electron chi connectivity index (χ3n) is 31.7. The maximum absolute atomic E-state index is 2.47. The summed E-state index contributed by atoms with van der Waals surface area (Å²) in [6.07, 6.45) is 20.7. The lowest BCUT2D eigenvalue weighted by molar-refractivity contribution is 1.13. The van der Waals surface area contributed by atoms with Crippen LogP contribution >= 0.6 is 0 Å². The van der Waals surface area contributed by atoms with E-state index in [4.69, 9.17) is 0 Å². The molecule has 0 saturated heterocycles. The zero-order valence-electron chi connectivity index (χ0n) is 77.9. The average molecular weight is 1710 g/mol. The van der Waals surface area contributed by atoms with Crippen molar-refractivity contribution in [2.24, 2.45) is 0 Å². The van der Waals surface area contributed by atoms with E-state index in [9.17, 15) is 0 Å². The lowest BCUT2D eigenvalue weighted by atomic mass is 9.83. The van der Waals surface area contributed by atoms with Crippen molar-refractivity contribution in [2.45, 2.75) is 108 Å². The van der Waals surface area contributed by atoms with Crippen LogP contribution in [0.15, 0.2) is 328 Å². The summed E-state index contributed by atoms with van der Waals surface area (Å²) in [4.78, 5) is 0. The number of benzene rings is 16. The maximum atomic E-state index is 2.47. The molecule has 0 N–H and O–H groups in total. The van der Waals surface area contributed by atoms with Gasteiger partial charge in [0.15, 0.2) is 0 Å². The van der Waals surface area contributed by atoms with E-state index in [0.29, 0.717) is 0 Å².